The lowest BCUT2D eigenvalue weighted by Gasteiger charge is -2.25. The number of halogens is 1. The van der Waals surface area contributed by atoms with E-state index in [2.05, 4.69) is 5.10 Å². The first-order valence-corrected chi connectivity index (χ1v) is 4.54. The number of nitrogens with zero attached hydrogens (tertiary/aromatic N) is 2. The minimum Gasteiger partial charge on any atom is -0.478 e. The molecule has 0 atom stereocenters. The van der Waals surface area contributed by atoms with Gasteiger partial charge in [0, 0.05) is 6.20 Å². The van der Waals surface area contributed by atoms with E-state index >= 15 is 0 Å². The summed E-state index contributed by atoms with van der Waals surface area (Å²) in [5.41, 5.74) is 0.0913. The first-order chi connectivity index (χ1) is 6.18. The van der Waals surface area contributed by atoms with Gasteiger partial charge in [0.1, 0.15) is 5.56 Å². The molecule has 1 aromatic heterocycles. The number of carboxylic acids is 1. The van der Waals surface area contributed by atoms with Gasteiger partial charge in [-0.3, -0.25) is 4.68 Å². The van der Waals surface area contributed by atoms with Gasteiger partial charge in [-0.05, 0) is 19.3 Å². The fraction of sp³-hybridized carbons (Fsp3) is 0.500. The molecule has 0 spiro atoms. The number of aromatic carboxylic acids is 1. The molecule has 1 saturated carbocycles. The lowest BCUT2D eigenvalue weighted by Crippen LogP contribution is -2.17. The Balaban J connectivity index is 2.28. The fourth-order valence-electron chi connectivity index (χ4n) is 1.35. The zero-order valence-electron chi connectivity index (χ0n) is 6.90. The van der Waals surface area contributed by atoms with Gasteiger partial charge in [0.05, 0.1) is 6.04 Å². The molecule has 1 N–H and O–H groups in total. The number of hydrogen-bond acceptors (Lipinski definition) is 2. The molecule has 4 nitrogen and oxygen atoms in total. The van der Waals surface area contributed by atoms with Gasteiger partial charge in [0.15, 0.2) is 5.15 Å². The predicted octanol–water partition coefficient (Wildman–Crippen LogP) is 1.96. The van der Waals surface area contributed by atoms with Crippen LogP contribution in [0.2, 0.25) is 5.15 Å². The van der Waals surface area contributed by atoms with Crippen LogP contribution in [0.3, 0.4) is 0 Å². The second kappa shape index (κ2) is 3.03. The highest BCUT2D eigenvalue weighted by Gasteiger charge is 2.23. The minimum atomic E-state index is -1.02. The zero-order chi connectivity index (χ0) is 9.42. The summed E-state index contributed by atoms with van der Waals surface area (Å²) >= 11 is 5.65. The summed E-state index contributed by atoms with van der Waals surface area (Å²) in [7, 11) is 0. The predicted molar refractivity (Wildman–Crippen MR) is 47.1 cm³/mol. The Morgan fingerprint density at radius 2 is 2.38 bits per heavy atom. The third-order valence-corrected chi connectivity index (χ3v) is 2.65. The van der Waals surface area contributed by atoms with E-state index in [4.69, 9.17) is 16.7 Å². The summed E-state index contributed by atoms with van der Waals surface area (Å²) in [5.74, 6) is -1.02. The van der Waals surface area contributed by atoms with Gasteiger partial charge in [-0.15, -0.1) is 0 Å². The first kappa shape index (κ1) is 8.56. The maximum Gasteiger partial charge on any atom is 0.340 e. The maximum absolute atomic E-state index is 10.6. The Hall–Kier alpha value is -1.03. The van der Waals surface area contributed by atoms with Gasteiger partial charge in [-0.25, -0.2) is 4.79 Å². The molecule has 70 valence electrons. The number of aromatic nitrogens is 2. The normalized spacial score (nSPS) is 17.0. The van der Waals surface area contributed by atoms with Gasteiger partial charge >= 0.3 is 5.97 Å². The van der Waals surface area contributed by atoms with E-state index in [0.717, 1.165) is 12.8 Å². The molecule has 0 saturated heterocycles. The van der Waals surface area contributed by atoms with Gasteiger partial charge in [0.2, 0.25) is 0 Å². The third-order valence-electron chi connectivity index (χ3n) is 2.37. The second-order valence-corrected chi connectivity index (χ2v) is 3.56. The van der Waals surface area contributed by atoms with Crippen molar-refractivity contribution >= 4 is 17.6 Å². The summed E-state index contributed by atoms with van der Waals surface area (Å²) in [6.07, 6.45) is 4.83. The largest absolute Gasteiger partial charge is 0.478 e. The quantitative estimate of drug-likeness (QED) is 0.794. The highest BCUT2D eigenvalue weighted by atomic mass is 35.5. The van der Waals surface area contributed by atoms with Crippen molar-refractivity contribution in [2.45, 2.75) is 25.3 Å². The number of rotatable bonds is 2. The van der Waals surface area contributed by atoms with E-state index < -0.39 is 5.97 Å². The summed E-state index contributed by atoms with van der Waals surface area (Å²) in [5, 5.41) is 12.8. The minimum absolute atomic E-state index is 0.0828. The van der Waals surface area contributed by atoms with Crippen molar-refractivity contribution in [1.29, 1.82) is 0 Å². The average molecular weight is 201 g/mol. The molecule has 0 aromatic carbocycles. The molecule has 13 heavy (non-hydrogen) atoms. The Morgan fingerprint density at radius 3 is 2.77 bits per heavy atom. The standard InChI is InChI=1S/C8H9ClN2O2/c9-7-6(8(12)13)4-11(10-7)5-2-1-3-5/h4-5H,1-3H2,(H,12,13). The van der Waals surface area contributed by atoms with Crippen LogP contribution in [0.4, 0.5) is 0 Å². The monoisotopic (exact) mass is 200 g/mol. The van der Waals surface area contributed by atoms with Gasteiger partial charge in [-0.2, -0.15) is 5.10 Å². The van der Waals surface area contributed by atoms with E-state index in [1.807, 2.05) is 0 Å². The Morgan fingerprint density at radius 1 is 1.69 bits per heavy atom. The van der Waals surface area contributed by atoms with Crippen LogP contribution in [-0.2, 0) is 0 Å². The SMILES string of the molecule is O=C(O)c1cn(C2CCC2)nc1Cl. The van der Waals surface area contributed by atoms with E-state index in [9.17, 15) is 4.79 Å². The Kier molecular flexibility index (Phi) is 2.00. The lowest BCUT2D eigenvalue weighted by atomic mass is 9.93. The van der Waals surface area contributed by atoms with E-state index in [-0.39, 0.29) is 10.7 Å². The third kappa shape index (κ3) is 1.42. The summed E-state index contributed by atoms with van der Waals surface area (Å²) in [6.45, 7) is 0. The summed E-state index contributed by atoms with van der Waals surface area (Å²) < 4.78 is 1.66. The fourth-order valence-corrected chi connectivity index (χ4v) is 1.57. The van der Waals surface area contributed by atoms with Crippen LogP contribution in [0.1, 0.15) is 35.7 Å². The average Bonchev–Trinajstić information content (AvgIpc) is 2.27. The molecule has 0 amide bonds. The van der Waals surface area contributed by atoms with Crippen LogP contribution < -0.4 is 0 Å². The summed E-state index contributed by atoms with van der Waals surface area (Å²) in [6, 6.07) is 0.352. The molecule has 0 bridgehead atoms. The smallest absolute Gasteiger partial charge is 0.340 e. The molecule has 0 radical (unpaired) electrons. The van der Waals surface area contributed by atoms with Crippen molar-refractivity contribution in [2.75, 3.05) is 0 Å². The summed E-state index contributed by atoms with van der Waals surface area (Å²) in [4.78, 5) is 10.6. The molecule has 1 heterocycles. The number of carboxylic acid groups (broad SMARTS) is 1. The molecule has 2 rings (SSSR count). The van der Waals surface area contributed by atoms with Crippen LogP contribution in [0.25, 0.3) is 0 Å². The number of carbonyl (C=O) groups is 1. The first-order valence-electron chi connectivity index (χ1n) is 4.16. The van der Waals surface area contributed by atoms with E-state index in [1.165, 1.54) is 12.6 Å². The molecule has 1 aromatic rings. The van der Waals surface area contributed by atoms with Crippen molar-refractivity contribution in [2.24, 2.45) is 0 Å². The van der Waals surface area contributed by atoms with Crippen molar-refractivity contribution in [3.8, 4) is 0 Å². The van der Waals surface area contributed by atoms with Crippen molar-refractivity contribution in [1.82, 2.24) is 9.78 Å². The maximum atomic E-state index is 10.6. The molecule has 1 fully saturated rings. The molecule has 0 unspecified atom stereocenters. The van der Waals surface area contributed by atoms with Crippen LogP contribution in [0.15, 0.2) is 6.20 Å². The van der Waals surface area contributed by atoms with Crippen molar-refractivity contribution < 1.29 is 9.90 Å². The van der Waals surface area contributed by atoms with Crippen LogP contribution in [-0.4, -0.2) is 20.9 Å². The van der Waals surface area contributed by atoms with Gasteiger partial charge < -0.3 is 5.11 Å². The van der Waals surface area contributed by atoms with Crippen LogP contribution in [0, 0.1) is 0 Å². The lowest BCUT2D eigenvalue weighted by molar-refractivity contribution is 0.0697. The topological polar surface area (TPSA) is 55.1 Å². The highest BCUT2D eigenvalue weighted by Crippen LogP contribution is 2.32. The van der Waals surface area contributed by atoms with Gasteiger partial charge in [-0.1, -0.05) is 11.6 Å². The Labute approximate surface area is 80.1 Å². The second-order valence-electron chi connectivity index (χ2n) is 3.20. The zero-order valence-corrected chi connectivity index (χ0v) is 7.66. The molecule has 0 aliphatic heterocycles. The Bertz CT molecular complexity index is 344. The highest BCUT2D eigenvalue weighted by molar-refractivity contribution is 6.32. The molecule has 5 heteroatoms. The van der Waals surface area contributed by atoms with Crippen molar-refractivity contribution in [3.05, 3.63) is 16.9 Å². The van der Waals surface area contributed by atoms with Crippen LogP contribution >= 0.6 is 11.6 Å². The van der Waals surface area contributed by atoms with Gasteiger partial charge in [0.25, 0.3) is 0 Å². The molecule has 1 aliphatic rings. The van der Waals surface area contributed by atoms with Crippen molar-refractivity contribution in [3.63, 3.8) is 0 Å². The van der Waals surface area contributed by atoms with Crippen LogP contribution in [0.5, 0.6) is 0 Å². The molecule has 1 aliphatic carbocycles. The molecular weight excluding hydrogens is 192 g/mol. The molecular formula is C8H9ClN2O2. The number of hydrogen-bond donors (Lipinski definition) is 1. The van der Waals surface area contributed by atoms with E-state index in [0.29, 0.717) is 6.04 Å². The van der Waals surface area contributed by atoms with E-state index in [1.54, 1.807) is 4.68 Å².